The number of thioether (sulfide) groups is 1. The number of carbonyl (C=O) groups is 1. The molecule has 1 aromatic carbocycles. The largest absolute Gasteiger partial charge is 0.495 e. The van der Waals surface area contributed by atoms with E-state index in [4.69, 9.17) is 9.47 Å². The molecule has 26 heavy (non-hydrogen) atoms. The van der Waals surface area contributed by atoms with Crippen molar-refractivity contribution in [2.24, 2.45) is 0 Å². The third kappa shape index (κ3) is 6.07. The molecule has 1 aliphatic heterocycles. The number of carbonyl (C=O) groups excluding carboxylic acids is 1. The van der Waals surface area contributed by atoms with Gasteiger partial charge in [0.25, 0.3) is 0 Å². The van der Waals surface area contributed by atoms with Crippen LogP contribution in [0.25, 0.3) is 0 Å². The van der Waals surface area contributed by atoms with Crippen LogP contribution < -0.4 is 14.8 Å². The Balaban J connectivity index is 2.01. The second-order valence-electron chi connectivity index (χ2n) is 7.10. The van der Waals surface area contributed by atoms with Gasteiger partial charge in [0.2, 0.25) is 10.0 Å². The summed E-state index contributed by atoms with van der Waals surface area (Å²) in [6.07, 6.45) is -0.650. The third-order valence-electron chi connectivity index (χ3n) is 3.88. The Kier molecular flexibility index (Phi) is 6.81. The maximum atomic E-state index is 12.2. The molecule has 9 heteroatoms. The van der Waals surface area contributed by atoms with Crippen LogP contribution in [0.5, 0.6) is 5.75 Å². The number of sulfonamides is 1. The van der Waals surface area contributed by atoms with E-state index in [0.29, 0.717) is 22.9 Å². The van der Waals surface area contributed by atoms with Crippen molar-refractivity contribution in [1.29, 1.82) is 0 Å². The third-order valence-corrected chi connectivity index (χ3v) is 6.70. The Morgan fingerprint density at radius 1 is 1.38 bits per heavy atom. The highest BCUT2D eigenvalue weighted by Crippen LogP contribution is 2.31. The van der Waals surface area contributed by atoms with Crippen LogP contribution in [0.15, 0.2) is 18.2 Å². The Labute approximate surface area is 159 Å². The van der Waals surface area contributed by atoms with Crippen LogP contribution in [0, 0.1) is 0 Å². The molecule has 1 saturated heterocycles. The number of hydrogen-bond donors (Lipinski definition) is 2. The number of hydrogen-bond acceptors (Lipinski definition) is 6. The summed E-state index contributed by atoms with van der Waals surface area (Å²) in [5.74, 6) is 1.71. The predicted molar refractivity (Wildman–Crippen MR) is 105 cm³/mol. The Bertz CT molecular complexity index is 744. The summed E-state index contributed by atoms with van der Waals surface area (Å²) in [5.41, 5.74) is 1.48. The highest BCUT2D eigenvalue weighted by molar-refractivity contribution is 8.00. The van der Waals surface area contributed by atoms with Gasteiger partial charge in [-0.05, 0) is 23.1 Å². The SMILES string of the molecule is COc1ccc(C(C)(C)C)cc1NC(=O)OC[C@@H]1CSCCS(=O)(=O)N1. The van der Waals surface area contributed by atoms with Gasteiger partial charge in [-0.25, -0.2) is 17.9 Å². The summed E-state index contributed by atoms with van der Waals surface area (Å²) >= 11 is 1.52. The van der Waals surface area contributed by atoms with Gasteiger partial charge in [0.15, 0.2) is 0 Å². The highest BCUT2D eigenvalue weighted by atomic mass is 32.2. The van der Waals surface area contributed by atoms with Crippen LogP contribution in [-0.2, 0) is 20.2 Å². The Morgan fingerprint density at radius 2 is 2.12 bits per heavy atom. The molecule has 1 amide bonds. The maximum Gasteiger partial charge on any atom is 0.411 e. The highest BCUT2D eigenvalue weighted by Gasteiger charge is 2.23. The fourth-order valence-electron chi connectivity index (χ4n) is 2.42. The lowest BCUT2D eigenvalue weighted by Crippen LogP contribution is -2.40. The summed E-state index contributed by atoms with van der Waals surface area (Å²) in [6, 6.07) is 5.17. The van der Waals surface area contributed by atoms with Gasteiger partial charge in [0.1, 0.15) is 12.4 Å². The fourth-order valence-corrected chi connectivity index (χ4v) is 5.28. The Hall–Kier alpha value is -1.45. The molecule has 1 aliphatic rings. The minimum atomic E-state index is -3.31. The zero-order chi connectivity index (χ0) is 19.4. The molecular weight excluding hydrogens is 376 g/mol. The zero-order valence-electron chi connectivity index (χ0n) is 15.5. The number of ether oxygens (including phenoxy) is 2. The molecule has 2 N–H and O–H groups in total. The van der Waals surface area contributed by atoms with Crippen LogP contribution in [0.4, 0.5) is 10.5 Å². The molecule has 1 aromatic rings. The molecule has 0 radical (unpaired) electrons. The molecule has 0 aliphatic carbocycles. The van der Waals surface area contributed by atoms with Gasteiger partial charge in [-0.15, -0.1) is 0 Å². The molecule has 146 valence electrons. The fraction of sp³-hybridized carbons (Fsp3) is 0.588. The summed E-state index contributed by atoms with van der Waals surface area (Å²) in [4.78, 5) is 12.2. The van der Waals surface area contributed by atoms with E-state index < -0.39 is 22.2 Å². The number of nitrogens with one attached hydrogen (secondary N) is 2. The Morgan fingerprint density at radius 3 is 2.77 bits per heavy atom. The minimum Gasteiger partial charge on any atom is -0.495 e. The van der Waals surface area contributed by atoms with Crippen molar-refractivity contribution >= 4 is 33.6 Å². The van der Waals surface area contributed by atoms with E-state index in [-0.39, 0.29) is 17.8 Å². The molecule has 0 bridgehead atoms. The molecule has 7 nitrogen and oxygen atoms in total. The lowest BCUT2D eigenvalue weighted by atomic mass is 9.87. The quantitative estimate of drug-likeness (QED) is 0.804. The number of benzene rings is 1. The molecule has 0 saturated carbocycles. The molecule has 1 fully saturated rings. The van der Waals surface area contributed by atoms with E-state index in [1.807, 2.05) is 12.1 Å². The van der Waals surface area contributed by atoms with Crippen molar-refractivity contribution in [3.05, 3.63) is 23.8 Å². The second-order valence-corrected chi connectivity index (χ2v) is 10.1. The monoisotopic (exact) mass is 402 g/mol. The van der Waals surface area contributed by atoms with Gasteiger partial charge >= 0.3 is 6.09 Å². The molecule has 0 aromatic heterocycles. The van der Waals surface area contributed by atoms with Gasteiger partial charge in [0.05, 0.1) is 24.6 Å². The molecule has 0 unspecified atom stereocenters. The smallest absolute Gasteiger partial charge is 0.411 e. The average Bonchev–Trinajstić information content (AvgIpc) is 2.72. The molecule has 2 rings (SSSR count). The summed E-state index contributed by atoms with van der Waals surface area (Å²) in [7, 11) is -1.78. The van der Waals surface area contributed by atoms with Crippen LogP contribution >= 0.6 is 11.8 Å². The van der Waals surface area contributed by atoms with Crippen LogP contribution in [-0.4, -0.2) is 51.5 Å². The average molecular weight is 403 g/mol. The van der Waals surface area contributed by atoms with Gasteiger partial charge < -0.3 is 9.47 Å². The van der Waals surface area contributed by atoms with Crippen molar-refractivity contribution < 1.29 is 22.7 Å². The number of anilines is 1. The van der Waals surface area contributed by atoms with E-state index >= 15 is 0 Å². The van der Waals surface area contributed by atoms with Crippen molar-refractivity contribution in [2.45, 2.75) is 32.2 Å². The summed E-state index contributed by atoms with van der Waals surface area (Å²) in [5, 5.41) is 2.68. The van der Waals surface area contributed by atoms with Gasteiger partial charge in [-0.3, -0.25) is 5.32 Å². The predicted octanol–water partition coefficient (Wildman–Crippen LogP) is 2.58. The van der Waals surface area contributed by atoms with Crippen LogP contribution in [0.1, 0.15) is 26.3 Å². The van der Waals surface area contributed by atoms with Gasteiger partial charge in [0, 0.05) is 11.5 Å². The van der Waals surface area contributed by atoms with Crippen molar-refractivity contribution in [3.63, 3.8) is 0 Å². The molecule has 0 spiro atoms. The lowest BCUT2D eigenvalue weighted by Gasteiger charge is -2.21. The first kappa shape index (κ1) is 20.9. The normalized spacial score (nSPS) is 20.1. The minimum absolute atomic E-state index is 0.0284. The van der Waals surface area contributed by atoms with E-state index in [1.165, 1.54) is 18.9 Å². The number of methoxy groups -OCH3 is 1. The number of amides is 1. The molecule has 1 heterocycles. The van der Waals surface area contributed by atoms with Gasteiger partial charge in [-0.1, -0.05) is 26.8 Å². The number of rotatable bonds is 4. The maximum absolute atomic E-state index is 12.2. The van der Waals surface area contributed by atoms with E-state index in [1.54, 1.807) is 6.07 Å². The molecule has 1 atom stereocenters. The topological polar surface area (TPSA) is 93.7 Å². The van der Waals surface area contributed by atoms with E-state index in [9.17, 15) is 13.2 Å². The zero-order valence-corrected chi connectivity index (χ0v) is 17.1. The summed E-state index contributed by atoms with van der Waals surface area (Å²) < 4.78 is 36.5. The standard InChI is InChI=1S/C17H26N2O5S2/c1-17(2,3)12-5-6-15(23-4)14(9-12)18-16(20)24-10-13-11-25-7-8-26(21,22)19-13/h5-6,9,13,19H,7-8,10-11H2,1-4H3,(H,18,20)/t13-/m1/s1. The summed E-state index contributed by atoms with van der Waals surface area (Å²) in [6.45, 7) is 6.20. The first-order valence-corrected chi connectivity index (χ1v) is 11.1. The van der Waals surface area contributed by atoms with Crippen LogP contribution in [0.3, 0.4) is 0 Å². The van der Waals surface area contributed by atoms with Gasteiger partial charge in [-0.2, -0.15) is 11.8 Å². The molecular formula is C17H26N2O5S2. The lowest BCUT2D eigenvalue weighted by molar-refractivity contribution is 0.154. The van der Waals surface area contributed by atoms with Crippen LogP contribution in [0.2, 0.25) is 0 Å². The second kappa shape index (κ2) is 8.49. The van der Waals surface area contributed by atoms with E-state index in [0.717, 1.165) is 5.56 Å². The van der Waals surface area contributed by atoms with Crippen molar-refractivity contribution in [1.82, 2.24) is 4.72 Å². The first-order valence-electron chi connectivity index (χ1n) is 8.31. The first-order chi connectivity index (χ1) is 12.1. The van der Waals surface area contributed by atoms with Crippen molar-refractivity contribution in [3.8, 4) is 5.75 Å². The van der Waals surface area contributed by atoms with Crippen molar-refractivity contribution in [2.75, 3.05) is 36.3 Å². The van der Waals surface area contributed by atoms with E-state index in [2.05, 4.69) is 30.8 Å².